The standard InChI is InChI=1S/C21H18N4O3S/c1-28-14-7-6-13-10-25(18(22)15(13)9-14)11-21(19(26)23-20(27)24-21)17-8-12-4-2-3-5-16(12)29-17/h2-9,22H,10-11H2,1H3,(H2,23,24,26,27). The minimum absolute atomic E-state index is 0.174. The topological polar surface area (TPSA) is 94.5 Å². The number of carbonyl (C=O) groups excluding carboxylic acids is 2. The molecule has 1 saturated heterocycles. The first kappa shape index (κ1) is 17.7. The Balaban J connectivity index is 1.54. The zero-order valence-corrected chi connectivity index (χ0v) is 16.4. The van der Waals surface area contributed by atoms with Gasteiger partial charge in [0.05, 0.1) is 13.7 Å². The Bertz CT molecular complexity index is 1150. The number of methoxy groups -OCH3 is 1. The Morgan fingerprint density at radius 2 is 2.03 bits per heavy atom. The first-order valence-electron chi connectivity index (χ1n) is 9.13. The number of urea groups is 1. The molecule has 0 bridgehead atoms. The number of imide groups is 1. The number of ether oxygens (including phenoxy) is 1. The van der Waals surface area contributed by atoms with Crippen LogP contribution < -0.4 is 15.4 Å². The van der Waals surface area contributed by atoms with Gasteiger partial charge in [-0.25, -0.2) is 4.79 Å². The van der Waals surface area contributed by atoms with Crippen LogP contribution in [0.1, 0.15) is 16.0 Å². The van der Waals surface area contributed by atoms with Crippen molar-refractivity contribution in [2.24, 2.45) is 0 Å². The van der Waals surface area contributed by atoms with Crippen molar-refractivity contribution in [1.29, 1.82) is 5.41 Å². The summed E-state index contributed by atoms with van der Waals surface area (Å²) in [5.41, 5.74) is 0.534. The summed E-state index contributed by atoms with van der Waals surface area (Å²) in [6.07, 6.45) is 0. The molecule has 1 fully saturated rings. The predicted octanol–water partition coefficient (Wildman–Crippen LogP) is 2.79. The molecule has 2 aliphatic rings. The monoisotopic (exact) mass is 406 g/mol. The molecule has 0 radical (unpaired) electrons. The predicted molar refractivity (Wildman–Crippen MR) is 110 cm³/mol. The van der Waals surface area contributed by atoms with Crippen LogP contribution in [0, 0.1) is 5.41 Å². The average Bonchev–Trinajstić information content (AvgIpc) is 3.36. The summed E-state index contributed by atoms with van der Waals surface area (Å²) in [6.45, 7) is 0.668. The van der Waals surface area contributed by atoms with Crippen molar-refractivity contribution in [3.8, 4) is 5.75 Å². The molecule has 2 aliphatic heterocycles. The Kier molecular flexibility index (Phi) is 3.85. The van der Waals surface area contributed by atoms with Crippen molar-refractivity contribution in [3.05, 3.63) is 64.5 Å². The quantitative estimate of drug-likeness (QED) is 0.581. The van der Waals surface area contributed by atoms with E-state index >= 15 is 0 Å². The smallest absolute Gasteiger partial charge is 0.322 e. The normalized spacial score (nSPS) is 20.7. The fraction of sp³-hybridized carbons (Fsp3) is 0.190. The van der Waals surface area contributed by atoms with E-state index in [1.165, 1.54) is 11.3 Å². The highest BCUT2D eigenvalue weighted by Crippen LogP contribution is 2.37. The fourth-order valence-electron chi connectivity index (χ4n) is 3.96. The molecule has 3 N–H and O–H groups in total. The van der Waals surface area contributed by atoms with Crippen LogP contribution in [0.5, 0.6) is 5.75 Å². The van der Waals surface area contributed by atoms with Crippen LogP contribution >= 0.6 is 11.3 Å². The highest BCUT2D eigenvalue weighted by Gasteiger charge is 2.51. The van der Waals surface area contributed by atoms with Gasteiger partial charge in [0.15, 0.2) is 5.54 Å². The second-order valence-electron chi connectivity index (χ2n) is 7.19. The molecule has 0 spiro atoms. The maximum atomic E-state index is 12.9. The first-order chi connectivity index (χ1) is 14.0. The van der Waals surface area contributed by atoms with Gasteiger partial charge < -0.3 is 15.0 Å². The molecule has 3 heterocycles. The number of hydrogen-bond donors (Lipinski definition) is 3. The SMILES string of the molecule is COc1ccc2c(c1)C(=N)N(CC1(c3cc4ccccc4s3)NC(=O)NC1=O)C2. The third-order valence-electron chi connectivity index (χ3n) is 5.47. The maximum Gasteiger partial charge on any atom is 0.322 e. The molecular weight excluding hydrogens is 388 g/mol. The van der Waals surface area contributed by atoms with Gasteiger partial charge >= 0.3 is 6.03 Å². The minimum Gasteiger partial charge on any atom is -0.497 e. The third-order valence-corrected chi connectivity index (χ3v) is 6.74. The second-order valence-corrected chi connectivity index (χ2v) is 8.27. The molecule has 8 heteroatoms. The lowest BCUT2D eigenvalue weighted by atomic mass is 9.96. The van der Waals surface area contributed by atoms with Crippen molar-refractivity contribution in [2.45, 2.75) is 12.1 Å². The number of benzene rings is 2. The number of hydrogen-bond acceptors (Lipinski definition) is 5. The molecule has 146 valence electrons. The molecular formula is C21H18N4O3S. The van der Waals surface area contributed by atoms with E-state index in [0.717, 1.165) is 26.1 Å². The zero-order valence-electron chi connectivity index (χ0n) is 15.6. The van der Waals surface area contributed by atoms with Crippen molar-refractivity contribution < 1.29 is 14.3 Å². The summed E-state index contributed by atoms with van der Waals surface area (Å²) < 4.78 is 6.32. The second kappa shape index (κ2) is 6.31. The van der Waals surface area contributed by atoms with Crippen LogP contribution in [0.3, 0.4) is 0 Å². The number of thiophene rings is 1. The largest absolute Gasteiger partial charge is 0.497 e. The summed E-state index contributed by atoms with van der Waals surface area (Å²) in [5, 5.41) is 14.9. The van der Waals surface area contributed by atoms with Crippen LogP contribution in [-0.4, -0.2) is 36.3 Å². The van der Waals surface area contributed by atoms with Gasteiger partial charge in [-0.2, -0.15) is 0 Å². The first-order valence-corrected chi connectivity index (χ1v) is 9.95. The minimum atomic E-state index is -1.24. The van der Waals surface area contributed by atoms with Gasteiger partial charge in [0.25, 0.3) is 5.91 Å². The van der Waals surface area contributed by atoms with Crippen molar-refractivity contribution in [1.82, 2.24) is 15.5 Å². The lowest BCUT2D eigenvalue weighted by Crippen LogP contribution is -2.52. The number of amides is 3. The molecule has 0 aliphatic carbocycles. The van der Waals surface area contributed by atoms with Gasteiger partial charge in [0.1, 0.15) is 11.6 Å². The van der Waals surface area contributed by atoms with Crippen molar-refractivity contribution >= 4 is 39.2 Å². The van der Waals surface area contributed by atoms with Gasteiger partial charge in [0, 0.05) is 21.7 Å². The molecule has 0 saturated carbocycles. The van der Waals surface area contributed by atoms with Crippen LogP contribution in [-0.2, 0) is 16.9 Å². The number of rotatable bonds is 4. The molecule has 2 aromatic carbocycles. The molecule has 1 atom stereocenters. The van der Waals surface area contributed by atoms with Gasteiger partial charge in [-0.05, 0) is 35.2 Å². The van der Waals surface area contributed by atoms with Gasteiger partial charge in [-0.3, -0.25) is 15.5 Å². The molecule has 7 nitrogen and oxygen atoms in total. The van der Waals surface area contributed by atoms with Crippen LogP contribution in [0.25, 0.3) is 10.1 Å². The Morgan fingerprint density at radius 3 is 2.76 bits per heavy atom. The number of carbonyl (C=O) groups is 2. The van der Waals surface area contributed by atoms with Gasteiger partial charge in [-0.1, -0.05) is 24.3 Å². The molecule has 5 rings (SSSR count). The van der Waals surface area contributed by atoms with E-state index in [4.69, 9.17) is 10.1 Å². The number of amidine groups is 1. The lowest BCUT2D eigenvalue weighted by Gasteiger charge is -2.31. The van der Waals surface area contributed by atoms with Gasteiger partial charge in [0.2, 0.25) is 0 Å². The van der Waals surface area contributed by atoms with E-state index in [1.54, 1.807) is 7.11 Å². The Morgan fingerprint density at radius 1 is 1.21 bits per heavy atom. The highest BCUT2D eigenvalue weighted by molar-refractivity contribution is 7.19. The van der Waals surface area contributed by atoms with Gasteiger partial charge in [-0.15, -0.1) is 11.3 Å². The van der Waals surface area contributed by atoms with Crippen molar-refractivity contribution in [2.75, 3.05) is 13.7 Å². The summed E-state index contributed by atoms with van der Waals surface area (Å²) in [5.74, 6) is 0.602. The molecule has 3 amide bonds. The van der Waals surface area contributed by atoms with E-state index in [-0.39, 0.29) is 6.54 Å². The van der Waals surface area contributed by atoms with Crippen LogP contribution in [0.2, 0.25) is 0 Å². The number of nitrogens with one attached hydrogen (secondary N) is 3. The average molecular weight is 406 g/mol. The van der Waals surface area contributed by atoms with Crippen LogP contribution in [0.15, 0.2) is 48.5 Å². The zero-order chi connectivity index (χ0) is 20.2. The molecule has 1 aromatic heterocycles. The van der Waals surface area contributed by atoms with E-state index in [0.29, 0.717) is 18.1 Å². The van der Waals surface area contributed by atoms with E-state index in [2.05, 4.69) is 10.6 Å². The summed E-state index contributed by atoms with van der Waals surface area (Å²) >= 11 is 1.48. The maximum absolute atomic E-state index is 12.9. The highest BCUT2D eigenvalue weighted by atomic mass is 32.1. The van der Waals surface area contributed by atoms with Crippen LogP contribution in [0.4, 0.5) is 4.79 Å². The number of nitrogens with zero attached hydrogens (tertiary/aromatic N) is 1. The third kappa shape index (κ3) is 2.67. The summed E-state index contributed by atoms with van der Waals surface area (Å²) in [6, 6.07) is 14.9. The fourth-order valence-corrected chi connectivity index (χ4v) is 5.16. The summed E-state index contributed by atoms with van der Waals surface area (Å²) in [4.78, 5) is 27.6. The van der Waals surface area contributed by atoms with E-state index < -0.39 is 17.5 Å². The Labute approximate surface area is 170 Å². The Hall–Kier alpha value is -3.39. The molecule has 29 heavy (non-hydrogen) atoms. The summed E-state index contributed by atoms with van der Waals surface area (Å²) in [7, 11) is 1.59. The van der Waals surface area contributed by atoms with Crippen molar-refractivity contribution in [3.63, 3.8) is 0 Å². The lowest BCUT2D eigenvalue weighted by molar-refractivity contribution is -0.124. The molecule has 1 unspecified atom stereocenters. The van der Waals surface area contributed by atoms with E-state index in [9.17, 15) is 9.59 Å². The van der Waals surface area contributed by atoms with E-state index in [1.807, 2.05) is 53.4 Å². The number of fused-ring (bicyclic) bond motifs is 2. The molecule has 3 aromatic rings.